The average molecular weight is 276 g/mol. The molecule has 0 heterocycles. The Morgan fingerprint density at radius 3 is 2.55 bits per heavy atom. The molecular weight excluding hydrogens is 256 g/mol. The summed E-state index contributed by atoms with van der Waals surface area (Å²) < 4.78 is 4.54. The van der Waals surface area contributed by atoms with E-state index in [1.54, 1.807) is 30.2 Å². The maximum Gasteiger partial charge on any atom is 0.305 e. The van der Waals surface area contributed by atoms with E-state index in [1.165, 1.54) is 13.2 Å². The van der Waals surface area contributed by atoms with Crippen LogP contribution in [0.2, 0.25) is 0 Å². The summed E-state index contributed by atoms with van der Waals surface area (Å²) in [7, 11) is 3.06. The number of esters is 1. The number of amides is 1. The third-order valence-electron chi connectivity index (χ3n) is 2.83. The molecule has 5 nitrogen and oxygen atoms in total. The number of likely N-dealkylation sites (N-methyl/N-ethyl adjacent to an activating group) is 1. The van der Waals surface area contributed by atoms with E-state index in [9.17, 15) is 9.59 Å². The zero-order valence-corrected chi connectivity index (χ0v) is 11.8. The highest BCUT2D eigenvalue weighted by Gasteiger charge is 2.06. The molecule has 0 radical (unpaired) electrons. The Hall–Kier alpha value is -2.30. The van der Waals surface area contributed by atoms with Crippen molar-refractivity contribution in [2.75, 3.05) is 26.4 Å². The molecule has 1 amide bonds. The zero-order valence-electron chi connectivity index (χ0n) is 11.8. The highest BCUT2D eigenvalue weighted by Crippen LogP contribution is 2.07. The maximum absolute atomic E-state index is 11.8. The first-order valence-electron chi connectivity index (χ1n) is 6.38. The Balaban J connectivity index is 2.41. The number of hydrogen-bond donors (Lipinski definition) is 1. The molecular formula is C15H20N2O3. The van der Waals surface area contributed by atoms with Gasteiger partial charge >= 0.3 is 5.97 Å². The van der Waals surface area contributed by atoms with Gasteiger partial charge < -0.3 is 15.4 Å². The molecule has 20 heavy (non-hydrogen) atoms. The van der Waals surface area contributed by atoms with Crippen molar-refractivity contribution >= 4 is 23.6 Å². The average Bonchev–Trinajstić information content (AvgIpc) is 2.45. The zero-order chi connectivity index (χ0) is 15.0. The second-order valence-corrected chi connectivity index (χ2v) is 4.44. The van der Waals surface area contributed by atoms with Crippen LogP contribution in [0, 0.1) is 0 Å². The lowest BCUT2D eigenvalue weighted by Gasteiger charge is -2.14. The van der Waals surface area contributed by atoms with E-state index >= 15 is 0 Å². The summed E-state index contributed by atoms with van der Waals surface area (Å²) in [5.41, 5.74) is 7.19. The molecule has 0 aliphatic carbocycles. The van der Waals surface area contributed by atoms with Gasteiger partial charge in [-0.1, -0.05) is 12.1 Å². The van der Waals surface area contributed by atoms with Crippen LogP contribution >= 0.6 is 0 Å². The summed E-state index contributed by atoms with van der Waals surface area (Å²) in [6.07, 6.45) is 4.14. The number of carbonyl (C=O) groups excluding carboxylic acids is 2. The lowest BCUT2D eigenvalue weighted by atomic mass is 10.2. The van der Waals surface area contributed by atoms with Gasteiger partial charge in [0.1, 0.15) is 0 Å². The summed E-state index contributed by atoms with van der Waals surface area (Å²) in [4.78, 5) is 24.3. The van der Waals surface area contributed by atoms with Crippen molar-refractivity contribution in [3.8, 4) is 0 Å². The fourth-order valence-corrected chi connectivity index (χ4v) is 1.57. The minimum atomic E-state index is -0.261. The molecule has 0 spiro atoms. The number of anilines is 1. The van der Waals surface area contributed by atoms with E-state index in [0.717, 1.165) is 5.56 Å². The van der Waals surface area contributed by atoms with E-state index < -0.39 is 0 Å². The van der Waals surface area contributed by atoms with Gasteiger partial charge in [-0.3, -0.25) is 9.59 Å². The van der Waals surface area contributed by atoms with E-state index in [0.29, 0.717) is 25.1 Å². The quantitative estimate of drug-likeness (QED) is 0.487. The molecule has 1 rings (SSSR count). The standard InChI is InChI=1S/C15H20N2O3/c1-17(11-3-4-15(19)20-2)14(18)10-7-12-5-8-13(16)9-6-12/h5-10H,3-4,11,16H2,1-2H3/b10-7+. The lowest BCUT2D eigenvalue weighted by Crippen LogP contribution is -2.26. The van der Waals surface area contributed by atoms with Gasteiger partial charge in [0.2, 0.25) is 5.91 Å². The Kier molecular flexibility index (Phi) is 6.29. The molecule has 108 valence electrons. The number of nitrogens with two attached hydrogens (primary N) is 1. The number of nitrogens with zero attached hydrogens (tertiary/aromatic N) is 1. The Morgan fingerprint density at radius 2 is 1.95 bits per heavy atom. The molecule has 0 fully saturated rings. The van der Waals surface area contributed by atoms with Gasteiger partial charge in [-0.2, -0.15) is 0 Å². The van der Waals surface area contributed by atoms with E-state index in [-0.39, 0.29) is 11.9 Å². The van der Waals surface area contributed by atoms with E-state index in [2.05, 4.69) is 4.74 Å². The van der Waals surface area contributed by atoms with E-state index in [4.69, 9.17) is 5.73 Å². The predicted molar refractivity (Wildman–Crippen MR) is 78.8 cm³/mol. The Labute approximate surface area is 119 Å². The first-order valence-corrected chi connectivity index (χ1v) is 6.38. The number of methoxy groups -OCH3 is 1. The van der Waals surface area contributed by atoms with Crippen molar-refractivity contribution in [1.82, 2.24) is 4.90 Å². The molecule has 0 aliphatic rings. The minimum Gasteiger partial charge on any atom is -0.469 e. The fourth-order valence-electron chi connectivity index (χ4n) is 1.57. The first-order chi connectivity index (χ1) is 9.52. The summed E-state index contributed by atoms with van der Waals surface area (Å²) in [6.45, 7) is 0.514. The second kappa shape index (κ2) is 7.99. The van der Waals surface area contributed by atoms with Crippen LogP contribution in [0.15, 0.2) is 30.3 Å². The summed E-state index contributed by atoms with van der Waals surface area (Å²) in [5.74, 6) is -0.366. The van der Waals surface area contributed by atoms with Gasteiger partial charge in [-0.05, 0) is 30.2 Å². The molecule has 0 saturated carbocycles. The van der Waals surface area contributed by atoms with Crippen LogP contribution in [-0.4, -0.2) is 37.5 Å². The molecule has 1 aromatic rings. The van der Waals surface area contributed by atoms with Gasteiger partial charge in [0.05, 0.1) is 7.11 Å². The van der Waals surface area contributed by atoms with E-state index in [1.807, 2.05) is 12.1 Å². The number of carbonyl (C=O) groups is 2. The van der Waals surface area contributed by atoms with Crippen molar-refractivity contribution in [2.24, 2.45) is 0 Å². The van der Waals surface area contributed by atoms with Gasteiger partial charge in [0.25, 0.3) is 0 Å². The fraction of sp³-hybridized carbons (Fsp3) is 0.333. The van der Waals surface area contributed by atoms with Crippen LogP contribution in [0.25, 0.3) is 6.08 Å². The molecule has 0 aromatic heterocycles. The highest BCUT2D eigenvalue weighted by molar-refractivity contribution is 5.91. The molecule has 0 aliphatic heterocycles. The lowest BCUT2D eigenvalue weighted by molar-refractivity contribution is -0.141. The SMILES string of the molecule is COC(=O)CCCN(C)C(=O)/C=C/c1ccc(N)cc1. The molecule has 0 unspecified atom stereocenters. The predicted octanol–water partition coefficient (Wildman–Crippen LogP) is 1.69. The van der Waals surface area contributed by atoms with Crippen molar-refractivity contribution in [2.45, 2.75) is 12.8 Å². The smallest absolute Gasteiger partial charge is 0.305 e. The molecule has 0 atom stereocenters. The van der Waals surface area contributed by atoms with Crippen LogP contribution in [0.3, 0.4) is 0 Å². The molecule has 0 saturated heterocycles. The third-order valence-corrected chi connectivity index (χ3v) is 2.83. The Morgan fingerprint density at radius 1 is 1.30 bits per heavy atom. The number of nitrogen functional groups attached to an aromatic ring is 1. The highest BCUT2D eigenvalue weighted by atomic mass is 16.5. The van der Waals surface area contributed by atoms with Crippen LogP contribution in [0.1, 0.15) is 18.4 Å². The second-order valence-electron chi connectivity index (χ2n) is 4.44. The van der Waals surface area contributed by atoms with Gasteiger partial charge in [0.15, 0.2) is 0 Å². The molecule has 5 heteroatoms. The van der Waals surface area contributed by atoms with Gasteiger partial charge in [0, 0.05) is 31.8 Å². The van der Waals surface area contributed by atoms with Crippen LogP contribution < -0.4 is 5.73 Å². The van der Waals surface area contributed by atoms with Gasteiger partial charge in [-0.25, -0.2) is 0 Å². The monoisotopic (exact) mass is 276 g/mol. The number of benzene rings is 1. The number of ether oxygens (including phenoxy) is 1. The summed E-state index contributed by atoms with van der Waals surface area (Å²) in [6, 6.07) is 7.25. The largest absolute Gasteiger partial charge is 0.469 e. The van der Waals surface area contributed by atoms with Crippen molar-refractivity contribution < 1.29 is 14.3 Å². The topological polar surface area (TPSA) is 72.6 Å². The normalized spacial score (nSPS) is 10.5. The summed E-state index contributed by atoms with van der Waals surface area (Å²) >= 11 is 0. The van der Waals surface area contributed by atoms with Crippen molar-refractivity contribution in [1.29, 1.82) is 0 Å². The van der Waals surface area contributed by atoms with Crippen LogP contribution in [-0.2, 0) is 14.3 Å². The van der Waals surface area contributed by atoms with Gasteiger partial charge in [-0.15, -0.1) is 0 Å². The molecule has 1 aromatic carbocycles. The van der Waals surface area contributed by atoms with Crippen LogP contribution in [0.5, 0.6) is 0 Å². The Bertz CT molecular complexity index is 480. The third kappa shape index (κ3) is 5.56. The minimum absolute atomic E-state index is 0.105. The molecule has 0 bridgehead atoms. The molecule has 2 N–H and O–H groups in total. The number of hydrogen-bond acceptors (Lipinski definition) is 4. The van der Waals surface area contributed by atoms with Crippen LogP contribution in [0.4, 0.5) is 5.69 Å². The summed E-state index contributed by atoms with van der Waals surface area (Å²) in [5, 5.41) is 0. The van der Waals surface area contributed by atoms with Crippen molar-refractivity contribution in [3.05, 3.63) is 35.9 Å². The van der Waals surface area contributed by atoms with Crippen molar-refractivity contribution in [3.63, 3.8) is 0 Å². The first kappa shape index (κ1) is 15.8. The number of rotatable bonds is 6. The maximum atomic E-state index is 11.8.